The molecular formula is C17H16N4O3S. The Morgan fingerprint density at radius 1 is 1.04 bits per heavy atom. The maximum absolute atomic E-state index is 12.4. The normalized spacial score (nSPS) is 14.7. The number of anilines is 1. The molecule has 1 saturated heterocycles. The smallest absolute Gasteiger partial charge is 0.323 e. The second-order valence-corrected chi connectivity index (χ2v) is 6.70. The van der Waals surface area contributed by atoms with Crippen molar-refractivity contribution in [1.29, 1.82) is 0 Å². The van der Waals surface area contributed by atoms with Gasteiger partial charge in [0.2, 0.25) is 0 Å². The molecule has 1 aliphatic heterocycles. The molecule has 0 bridgehead atoms. The van der Waals surface area contributed by atoms with E-state index in [0.717, 1.165) is 10.2 Å². The first-order valence-electron chi connectivity index (χ1n) is 7.95. The van der Waals surface area contributed by atoms with Crippen LogP contribution in [0.4, 0.5) is 9.93 Å². The van der Waals surface area contributed by atoms with Crippen molar-refractivity contribution in [1.82, 2.24) is 14.8 Å². The summed E-state index contributed by atoms with van der Waals surface area (Å²) in [6, 6.07) is 10.9. The van der Waals surface area contributed by atoms with Crippen LogP contribution in [0.25, 0.3) is 10.2 Å². The van der Waals surface area contributed by atoms with Crippen LogP contribution in [0.15, 0.2) is 47.1 Å². The minimum Gasteiger partial charge on any atom is -0.459 e. The number of fused-ring (bicyclic) bond motifs is 1. The van der Waals surface area contributed by atoms with E-state index in [9.17, 15) is 9.59 Å². The molecule has 7 nitrogen and oxygen atoms in total. The number of carbonyl (C=O) groups excluding carboxylic acids is 2. The van der Waals surface area contributed by atoms with Gasteiger partial charge in [-0.05, 0) is 24.3 Å². The first-order valence-corrected chi connectivity index (χ1v) is 8.76. The van der Waals surface area contributed by atoms with E-state index in [1.165, 1.54) is 17.6 Å². The summed E-state index contributed by atoms with van der Waals surface area (Å²) in [4.78, 5) is 32.4. The number of carbonyl (C=O) groups is 2. The van der Waals surface area contributed by atoms with E-state index in [4.69, 9.17) is 4.42 Å². The number of hydrogen-bond donors (Lipinski definition) is 1. The minimum atomic E-state index is -0.191. The number of urea groups is 1. The van der Waals surface area contributed by atoms with Gasteiger partial charge in [0, 0.05) is 26.2 Å². The number of furan rings is 1. The van der Waals surface area contributed by atoms with Gasteiger partial charge in [0.05, 0.1) is 16.5 Å². The Morgan fingerprint density at radius 3 is 2.52 bits per heavy atom. The number of piperazine rings is 1. The molecule has 3 aromatic rings. The summed E-state index contributed by atoms with van der Waals surface area (Å²) in [7, 11) is 0. The fraction of sp³-hybridized carbons (Fsp3) is 0.235. The molecule has 0 aliphatic carbocycles. The highest BCUT2D eigenvalue weighted by molar-refractivity contribution is 7.22. The molecule has 0 unspecified atom stereocenters. The van der Waals surface area contributed by atoms with Gasteiger partial charge in [0.15, 0.2) is 10.9 Å². The fourth-order valence-electron chi connectivity index (χ4n) is 2.76. The Balaban J connectivity index is 1.35. The summed E-state index contributed by atoms with van der Waals surface area (Å²) in [5, 5.41) is 3.43. The van der Waals surface area contributed by atoms with Crippen molar-refractivity contribution in [2.45, 2.75) is 0 Å². The predicted molar refractivity (Wildman–Crippen MR) is 94.8 cm³/mol. The lowest BCUT2D eigenvalue weighted by atomic mass is 10.3. The molecule has 3 heterocycles. The van der Waals surface area contributed by atoms with E-state index in [1.54, 1.807) is 21.9 Å². The Morgan fingerprint density at radius 2 is 1.80 bits per heavy atom. The molecule has 128 valence electrons. The van der Waals surface area contributed by atoms with Crippen molar-refractivity contribution in [2.24, 2.45) is 0 Å². The van der Waals surface area contributed by atoms with E-state index in [-0.39, 0.29) is 11.9 Å². The van der Waals surface area contributed by atoms with Gasteiger partial charge in [-0.15, -0.1) is 0 Å². The Kier molecular flexibility index (Phi) is 4.10. The monoisotopic (exact) mass is 356 g/mol. The van der Waals surface area contributed by atoms with Gasteiger partial charge >= 0.3 is 6.03 Å². The van der Waals surface area contributed by atoms with E-state index in [2.05, 4.69) is 10.3 Å². The molecular weight excluding hydrogens is 340 g/mol. The topological polar surface area (TPSA) is 78.7 Å². The predicted octanol–water partition coefficient (Wildman–Crippen LogP) is 2.88. The summed E-state index contributed by atoms with van der Waals surface area (Å²) in [6.45, 7) is 1.91. The van der Waals surface area contributed by atoms with Crippen LogP contribution in [0.5, 0.6) is 0 Å². The molecule has 2 aromatic heterocycles. The Labute approximate surface area is 147 Å². The summed E-state index contributed by atoms with van der Waals surface area (Å²) >= 11 is 1.45. The van der Waals surface area contributed by atoms with Crippen LogP contribution >= 0.6 is 11.3 Å². The Bertz CT molecular complexity index is 865. The number of aromatic nitrogens is 1. The minimum absolute atomic E-state index is 0.142. The maximum atomic E-state index is 12.4. The third-order valence-corrected chi connectivity index (χ3v) is 5.05. The lowest BCUT2D eigenvalue weighted by Gasteiger charge is -2.34. The van der Waals surface area contributed by atoms with Crippen LogP contribution in [0.1, 0.15) is 10.6 Å². The van der Waals surface area contributed by atoms with E-state index in [1.807, 2.05) is 24.3 Å². The zero-order chi connectivity index (χ0) is 17.2. The number of amides is 3. The van der Waals surface area contributed by atoms with Crippen LogP contribution in [-0.2, 0) is 0 Å². The van der Waals surface area contributed by atoms with Gasteiger partial charge in [0.25, 0.3) is 5.91 Å². The zero-order valence-electron chi connectivity index (χ0n) is 13.3. The second-order valence-electron chi connectivity index (χ2n) is 5.67. The van der Waals surface area contributed by atoms with Gasteiger partial charge in [-0.2, -0.15) is 0 Å². The number of hydrogen-bond acceptors (Lipinski definition) is 5. The molecule has 0 atom stereocenters. The number of para-hydroxylation sites is 1. The summed E-state index contributed by atoms with van der Waals surface area (Å²) in [5.41, 5.74) is 0.872. The van der Waals surface area contributed by atoms with Crippen molar-refractivity contribution in [3.63, 3.8) is 0 Å². The highest BCUT2D eigenvalue weighted by Gasteiger charge is 2.26. The van der Waals surface area contributed by atoms with Crippen molar-refractivity contribution >= 4 is 38.6 Å². The molecule has 0 radical (unpaired) electrons. The largest absolute Gasteiger partial charge is 0.459 e. The fourth-order valence-corrected chi connectivity index (χ4v) is 3.62. The third-order valence-electron chi connectivity index (χ3n) is 4.09. The standard InChI is InChI=1S/C17H16N4O3S/c22-15(13-5-3-11-24-13)20-7-9-21(10-8-20)17(23)19-16-18-12-4-1-2-6-14(12)25-16/h1-6,11H,7-10H2,(H,18,19,23). The van der Waals surface area contributed by atoms with Crippen molar-refractivity contribution in [2.75, 3.05) is 31.5 Å². The molecule has 1 aromatic carbocycles. The maximum Gasteiger partial charge on any atom is 0.323 e. The number of rotatable bonds is 2. The number of nitrogens with zero attached hydrogens (tertiary/aromatic N) is 3. The first-order chi connectivity index (χ1) is 12.2. The molecule has 0 spiro atoms. The van der Waals surface area contributed by atoms with Crippen LogP contribution in [0.2, 0.25) is 0 Å². The van der Waals surface area contributed by atoms with Crippen molar-refractivity contribution in [3.05, 3.63) is 48.4 Å². The average Bonchev–Trinajstić information content (AvgIpc) is 3.30. The van der Waals surface area contributed by atoms with Gasteiger partial charge in [-0.3, -0.25) is 10.1 Å². The molecule has 3 amide bonds. The average molecular weight is 356 g/mol. The van der Waals surface area contributed by atoms with Gasteiger partial charge in [0.1, 0.15) is 0 Å². The molecule has 1 fully saturated rings. The molecule has 0 saturated carbocycles. The van der Waals surface area contributed by atoms with Crippen LogP contribution in [0.3, 0.4) is 0 Å². The van der Waals surface area contributed by atoms with Gasteiger partial charge < -0.3 is 14.2 Å². The number of thiazole rings is 1. The third kappa shape index (κ3) is 3.20. The summed E-state index contributed by atoms with van der Waals surface area (Å²) in [6.07, 6.45) is 1.48. The second kappa shape index (κ2) is 6.56. The summed E-state index contributed by atoms with van der Waals surface area (Å²) in [5.74, 6) is 0.184. The van der Waals surface area contributed by atoms with Gasteiger partial charge in [-0.1, -0.05) is 23.5 Å². The zero-order valence-corrected chi connectivity index (χ0v) is 14.2. The van der Waals surface area contributed by atoms with Gasteiger partial charge in [-0.25, -0.2) is 9.78 Å². The van der Waals surface area contributed by atoms with Crippen molar-refractivity contribution < 1.29 is 14.0 Å². The van der Waals surface area contributed by atoms with E-state index >= 15 is 0 Å². The van der Waals surface area contributed by atoms with Crippen LogP contribution < -0.4 is 5.32 Å². The first kappa shape index (κ1) is 15.6. The quantitative estimate of drug-likeness (QED) is 0.766. The molecule has 4 rings (SSSR count). The Hall–Kier alpha value is -2.87. The highest BCUT2D eigenvalue weighted by Crippen LogP contribution is 2.25. The van der Waals surface area contributed by atoms with Crippen molar-refractivity contribution in [3.8, 4) is 0 Å². The molecule has 8 heteroatoms. The highest BCUT2D eigenvalue weighted by atomic mass is 32.1. The van der Waals surface area contributed by atoms with Crippen LogP contribution in [-0.4, -0.2) is 52.9 Å². The molecule has 25 heavy (non-hydrogen) atoms. The lowest BCUT2D eigenvalue weighted by molar-refractivity contribution is 0.0640. The number of nitrogens with one attached hydrogen (secondary N) is 1. The van der Waals surface area contributed by atoms with E-state index < -0.39 is 0 Å². The SMILES string of the molecule is O=C(Nc1nc2ccccc2s1)N1CCN(C(=O)c2ccco2)CC1. The number of benzene rings is 1. The molecule has 1 N–H and O–H groups in total. The molecule has 1 aliphatic rings. The lowest BCUT2D eigenvalue weighted by Crippen LogP contribution is -2.51. The van der Waals surface area contributed by atoms with Crippen LogP contribution in [0, 0.1) is 0 Å². The van der Waals surface area contributed by atoms with E-state index in [0.29, 0.717) is 37.1 Å². The summed E-state index contributed by atoms with van der Waals surface area (Å²) < 4.78 is 6.17.